The van der Waals surface area contributed by atoms with Crippen LogP contribution in [0.25, 0.3) is 16.6 Å². The molecule has 2 amide bonds. The Kier molecular flexibility index (Phi) is 7.50. The summed E-state index contributed by atoms with van der Waals surface area (Å²) in [7, 11) is 1.83. The predicted octanol–water partition coefficient (Wildman–Crippen LogP) is 3.07. The first-order chi connectivity index (χ1) is 20.2. The first-order valence-electron chi connectivity index (χ1n) is 13.0. The number of rotatable bonds is 7. The summed E-state index contributed by atoms with van der Waals surface area (Å²) in [6.45, 7) is -0.341. The minimum absolute atomic E-state index is 0.131. The van der Waals surface area contributed by atoms with Crippen LogP contribution in [0.5, 0.6) is 0 Å². The van der Waals surface area contributed by atoms with E-state index in [9.17, 15) is 14.7 Å². The zero-order valence-corrected chi connectivity index (χ0v) is 23.8. The lowest BCUT2D eigenvalue weighted by atomic mass is 10.0. The van der Waals surface area contributed by atoms with Crippen molar-refractivity contribution in [2.45, 2.75) is 18.7 Å². The molecule has 2 atom stereocenters. The molecule has 6 rings (SSSR count). The second kappa shape index (κ2) is 11.4. The molecule has 4 heterocycles. The molecule has 0 spiro atoms. The number of hydrogen-bond acceptors (Lipinski definition) is 8. The highest BCUT2D eigenvalue weighted by Gasteiger charge is 2.39. The number of nitrogens with zero attached hydrogens (tertiary/aromatic N) is 8. The molecule has 0 aliphatic carbocycles. The molecule has 1 aliphatic rings. The average Bonchev–Trinajstić information content (AvgIpc) is 3.57. The van der Waals surface area contributed by atoms with Crippen molar-refractivity contribution in [2.75, 3.05) is 23.3 Å². The second-order valence-corrected chi connectivity index (χ2v) is 10.7. The smallest absolute Gasteiger partial charge is 0.247 e. The molecule has 2 aromatic carbocycles. The Bertz CT molecular complexity index is 1780. The Labute approximate surface area is 250 Å². The van der Waals surface area contributed by atoms with Gasteiger partial charge in [-0.1, -0.05) is 28.4 Å². The number of carbonyl (C=O) groups excluding carboxylic acids is 2. The van der Waals surface area contributed by atoms with Gasteiger partial charge >= 0.3 is 0 Å². The van der Waals surface area contributed by atoms with Gasteiger partial charge in [-0.05, 0) is 54.1 Å². The fourth-order valence-corrected chi connectivity index (χ4v) is 5.38. The Balaban J connectivity index is 1.28. The van der Waals surface area contributed by atoms with Crippen LogP contribution in [0.4, 0.5) is 11.4 Å². The van der Waals surface area contributed by atoms with E-state index in [0.717, 1.165) is 16.5 Å². The predicted molar refractivity (Wildman–Crippen MR) is 158 cm³/mol. The maximum absolute atomic E-state index is 13.8. The Hall–Kier alpha value is -4.52. The number of anilines is 2. The molecule has 0 saturated carbocycles. The number of aryl methyl sites for hydroxylation is 1. The SMILES string of the molecule is Cn1cc2cc(NC(=O)C(Cc3ccncc3)N3CC(O)N(c4cc(Cl)ccc4-n4cc(Cl)nn4)CC3=O)ccc2n1. The largest absolute Gasteiger partial charge is 0.372 e. The first kappa shape index (κ1) is 27.6. The van der Waals surface area contributed by atoms with E-state index in [-0.39, 0.29) is 36.5 Å². The molecule has 14 heteroatoms. The van der Waals surface area contributed by atoms with Crippen molar-refractivity contribution in [2.24, 2.45) is 7.05 Å². The molecular weight excluding hydrogens is 581 g/mol. The fraction of sp³-hybridized carbons (Fsp3) is 0.214. The van der Waals surface area contributed by atoms with Crippen LogP contribution in [-0.4, -0.2) is 76.9 Å². The maximum Gasteiger partial charge on any atom is 0.247 e. The summed E-state index contributed by atoms with van der Waals surface area (Å²) in [5, 5.41) is 28.0. The zero-order valence-electron chi connectivity index (χ0n) is 22.3. The van der Waals surface area contributed by atoms with Crippen LogP contribution in [0.1, 0.15) is 5.56 Å². The van der Waals surface area contributed by atoms with Crippen molar-refractivity contribution in [3.63, 3.8) is 0 Å². The Morgan fingerprint density at radius 1 is 1.10 bits per heavy atom. The number of nitrogens with one attached hydrogen (secondary N) is 1. The molecule has 12 nitrogen and oxygen atoms in total. The van der Waals surface area contributed by atoms with E-state index in [4.69, 9.17) is 23.2 Å². The highest BCUT2D eigenvalue weighted by molar-refractivity contribution is 6.31. The van der Waals surface area contributed by atoms with Crippen molar-refractivity contribution >= 4 is 57.3 Å². The highest BCUT2D eigenvalue weighted by atomic mass is 35.5. The number of halogens is 2. The standard InChI is InChI=1S/C28H25Cl2N9O3/c1-36-13-18-11-20(3-4-21(18)34-36)32-28(42)24(10-17-6-8-31-9-7-17)38-16-26(40)37(15-27(38)41)23-12-19(29)2-5-22(23)39-14-25(30)33-35-39/h2-9,11-14,24,26,40H,10,15-16H2,1H3,(H,32,42). The number of fused-ring (bicyclic) bond motifs is 1. The van der Waals surface area contributed by atoms with E-state index in [1.54, 1.807) is 53.5 Å². The average molecular weight is 606 g/mol. The van der Waals surface area contributed by atoms with Gasteiger partial charge in [-0.3, -0.25) is 19.3 Å². The van der Waals surface area contributed by atoms with Crippen molar-refractivity contribution < 1.29 is 14.7 Å². The summed E-state index contributed by atoms with van der Waals surface area (Å²) >= 11 is 12.3. The number of β-amino-alcohol motifs (C(OH)–C–C–N with tert-alkyl or cyclic N) is 1. The number of piperazine rings is 1. The van der Waals surface area contributed by atoms with E-state index in [0.29, 0.717) is 22.1 Å². The molecule has 42 heavy (non-hydrogen) atoms. The molecule has 1 saturated heterocycles. The van der Waals surface area contributed by atoms with Gasteiger partial charge in [0.25, 0.3) is 0 Å². The lowest BCUT2D eigenvalue weighted by molar-refractivity contribution is -0.142. The van der Waals surface area contributed by atoms with Gasteiger partial charge in [0.05, 0.1) is 36.2 Å². The molecule has 0 bridgehead atoms. The third-order valence-corrected chi connectivity index (χ3v) is 7.46. The number of carbonyl (C=O) groups is 2. The van der Waals surface area contributed by atoms with E-state index < -0.39 is 12.3 Å². The summed E-state index contributed by atoms with van der Waals surface area (Å²) in [6.07, 6.45) is 5.70. The topological polar surface area (TPSA) is 134 Å². The van der Waals surface area contributed by atoms with Crippen LogP contribution in [-0.2, 0) is 23.1 Å². The number of aromatic nitrogens is 6. The quantitative estimate of drug-likeness (QED) is 0.289. The van der Waals surface area contributed by atoms with Crippen LogP contribution in [0, 0.1) is 0 Å². The highest BCUT2D eigenvalue weighted by Crippen LogP contribution is 2.31. The van der Waals surface area contributed by atoms with Crippen molar-refractivity contribution in [1.82, 2.24) is 34.7 Å². The van der Waals surface area contributed by atoms with Gasteiger partial charge in [0.1, 0.15) is 12.3 Å². The minimum atomic E-state index is -1.15. The Morgan fingerprint density at radius 2 is 1.90 bits per heavy atom. The van der Waals surface area contributed by atoms with Crippen LogP contribution in [0.15, 0.2) is 73.3 Å². The molecule has 214 valence electrons. The summed E-state index contributed by atoms with van der Waals surface area (Å²) in [6, 6.07) is 13.1. The van der Waals surface area contributed by atoms with Crippen LogP contribution >= 0.6 is 23.2 Å². The number of amides is 2. The molecule has 2 N–H and O–H groups in total. The molecule has 0 radical (unpaired) electrons. The lowest BCUT2D eigenvalue weighted by Gasteiger charge is -2.42. The van der Waals surface area contributed by atoms with Crippen molar-refractivity contribution in [3.05, 3.63) is 89.1 Å². The Morgan fingerprint density at radius 3 is 2.67 bits per heavy atom. The van der Waals surface area contributed by atoms with Gasteiger partial charge in [-0.25, -0.2) is 4.68 Å². The van der Waals surface area contributed by atoms with Gasteiger partial charge in [0.2, 0.25) is 11.8 Å². The van der Waals surface area contributed by atoms with Gasteiger partial charge in [-0.15, -0.1) is 5.10 Å². The number of pyridine rings is 1. The maximum atomic E-state index is 13.8. The van der Waals surface area contributed by atoms with Gasteiger partial charge in [0.15, 0.2) is 5.15 Å². The van der Waals surface area contributed by atoms with Gasteiger partial charge < -0.3 is 20.2 Å². The van der Waals surface area contributed by atoms with Crippen molar-refractivity contribution in [1.29, 1.82) is 0 Å². The molecule has 1 aliphatic heterocycles. The second-order valence-electron chi connectivity index (χ2n) is 9.91. The van der Waals surface area contributed by atoms with Crippen LogP contribution in [0.3, 0.4) is 0 Å². The summed E-state index contributed by atoms with van der Waals surface area (Å²) in [5.74, 6) is -0.732. The molecule has 5 aromatic rings. The molecule has 3 aromatic heterocycles. The van der Waals surface area contributed by atoms with Crippen LogP contribution in [0.2, 0.25) is 10.2 Å². The van der Waals surface area contributed by atoms with E-state index in [1.165, 1.54) is 20.7 Å². The summed E-state index contributed by atoms with van der Waals surface area (Å²) in [4.78, 5) is 34.5. The van der Waals surface area contributed by atoms with Gasteiger partial charge in [0, 0.05) is 48.2 Å². The lowest BCUT2D eigenvalue weighted by Crippen LogP contribution is -2.61. The number of aliphatic hydroxyl groups is 1. The number of aliphatic hydroxyl groups excluding tert-OH is 1. The first-order valence-corrected chi connectivity index (χ1v) is 13.8. The monoisotopic (exact) mass is 605 g/mol. The van der Waals surface area contributed by atoms with E-state index in [1.807, 2.05) is 25.4 Å². The minimum Gasteiger partial charge on any atom is -0.372 e. The molecule has 1 fully saturated rings. The third kappa shape index (κ3) is 5.64. The molecular formula is C28H25Cl2N9O3. The summed E-state index contributed by atoms with van der Waals surface area (Å²) in [5.41, 5.74) is 3.17. The fourth-order valence-electron chi connectivity index (χ4n) is 5.09. The van der Waals surface area contributed by atoms with E-state index in [2.05, 4.69) is 25.7 Å². The van der Waals surface area contributed by atoms with Crippen molar-refractivity contribution in [3.8, 4) is 5.69 Å². The van der Waals surface area contributed by atoms with E-state index >= 15 is 0 Å². The number of benzene rings is 2. The number of hydrogen-bond donors (Lipinski definition) is 2. The van der Waals surface area contributed by atoms with Crippen LogP contribution < -0.4 is 10.2 Å². The summed E-state index contributed by atoms with van der Waals surface area (Å²) < 4.78 is 3.14. The third-order valence-electron chi connectivity index (χ3n) is 7.05. The zero-order chi connectivity index (χ0) is 29.4. The molecule has 2 unspecified atom stereocenters. The van der Waals surface area contributed by atoms with Gasteiger partial charge in [-0.2, -0.15) is 5.10 Å². The normalized spacial score (nSPS) is 16.2.